The van der Waals surface area contributed by atoms with Gasteiger partial charge in [-0.25, -0.2) is 4.39 Å². The summed E-state index contributed by atoms with van der Waals surface area (Å²) in [5.41, 5.74) is 1.29. The molecular weight excluding hydrogens is 249 g/mol. The fourth-order valence-corrected chi connectivity index (χ4v) is 1.71. The molecule has 1 aromatic carbocycles. The molecule has 3 rings (SSSR count). The van der Waals surface area contributed by atoms with Gasteiger partial charge in [-0.15, -0.1) is 0 Å². The van der Waals surface area contributed by atoms with Crippen LogP contribution in [0.15, 0.2) is 35.1 Å². The van der Waals surface area contributed by atoms with Crippen molar-refractivity contribution >= 4 is 17.3 Å². The van der Waals surface area contributed by atoms with E-state index in [9.17, 15) is 9.18 Å². The fraction of sp³-hybridized carbons (Fsp3) is 0.231. The van der Waals surface area contributed by atoms with Crippen molar-refractivity contribution in [1.29, 1.82) is 0 Å². The molecule has 1 aliphatic rings. The molecule has 1 amide bonds. The van der Waals surface area contributed by atoms with Crippen LogP contribution in [-0.4, -0.2) is 17.1 Å². The number of benzene rings is 1. The van der Waals surface area contributed by atoms with Crippen molar-refractivity contribution in [1.82, 2.24) is 5.16 Å². The first-order chi connectivity index (χ1) is 9.22. The Bertz CT molecular complexity index is 594. The van der Waals surface area contributed by atoms with Gasteiger partial charge >= 0.3 is 0 Å². The summed E-state index contributed by atoms with van der Waals surface area (Å²) in [6.45, 7) is 0. The highest BCUT2D eigenvalue weighted by Crippen LogP contribution is 2.30. The number of aromatic nitrogens is 1. The molecule has 98 valence electrons. The maximum Gasteiger partial charge on any atom is 0.277 e. The first kappa shape index (κ1) is 11.7. The highest BCUT2D eigenvalue weighted by Gasteiger charge is 2.22. The molecule has 2 aromatic rings. The molecule has 0 aliphatic heterocycles. The Labute approximate surface area is 108 Å². The van der Waals surface area contributed by atoms with Crippen molar-refractivity contribution in [2.24, 2.45) is 0 Å². The van der Waals surface area contributed by atoms with Crippen LogP contribution in [0.1, 0.15) is 23.3 Å². The zero-order chi connectivity index (χ0) is 13.2. The summed E-state index contributed by atoms with van der Waals surface area (Å²) in [6, 6.07) is 6.03. The normalized spacial score (nSPS) is 14.2. The van der Waals surface area contributed by atoms with Crippen molar-refractivity contribution in [3.8, 4) is 0 Å². The maximum absolute atomic E-state index is 13.2. The average Bonchev–Trinajstić information content (AvgIpc) is 3.03. The molecule has 0 saturated heterocycles. The Kier molecular flexibility index (Phi) is 2.91. The minimum absolute atomic E-state index is 0.182. The van der Waals surface area contributed by atoms with Crippen LogP contribution in [0.2, 0.25) is 0 Å². The lowest BCUT2D eigenvalue weighted by Crippen LogP contribution is -2.14. The monoisotopic (exact) mass is 261 g/mol. The summed E-state index contributed by atoms with van der Waals surface area (Å²) in [7, 11) is 0. The maximum atomic E-state index is 13.2. The Morgan fingerprint density at radius 2 is 2.16 bits per heavy atom. The Balaban J connectivity index is 1.81. The summed E-state index contributed by atoms with van der Waals surface area (Å²) in [5, 5.41) is 9.41. The van der Waals surface area contributed by atoms with Gasteiger partial charge in [-0.3, -0.25) is 4.79 Å². The first-order valence-corrected chi connectivity index (χ1v) is 6.00. The van der Waals surface area contributed by atoms with Crippen molar-refractivity contribution in [3.63, 3.8) is 0 Å². The van der Waals surface area contributed by atoms with Crippen LogP contribution in [-0.2, 0) is 0 Å². The third-order valence-electron chi connectivity index (χ3n) is 2.84. The van der Waals surface area contributed by atoms with E-state index in [1.54, 1.807) is 0 Å². The van der Waals surface area contributed by atoms with E-state index in [1.165, 1.54) is 30.5 Å². The molecule has 2 N–H and O–H groups in total. The van der Waals surface area contributed by atoms with Crippen molar-refractivity contribution in [2.45, 2.75) is 18.9 Å². The first-order valence-electron chi connectivity index (χ1n) is 6.00. The molecule has 1 saturated carbocycles. The van der Waals surface area contributed by atoms with Gasteiger partial charge in [0.25, 0.3) is 5.91 Å². The van der Waals surface area contributed by atoms with Crippen LogP contribution >= 0.6 is 0 Å². The fourth-order valence-electron chi connectivity index (χ4n) is 1.71. The molecule has 0 unspecified atom stereocenters. The lowest BCUT2D eigenvalue weighted by molar-refractivity contribution is 0.101. The molecule has 19 heavy (non-hydrogen) atoms. The van der Waals surface area contributed by atoms with E-state index < -0.39 is 0 Å². The molecule has 1 fully saturated rings. The summed E-state index contributed by atoms with van der Waals surface area (Å²) in [6.07, 6.45) is 3.45. The largest absolute Gasteiger partial charge is 0.381 e. The highest BCUT2D eigenvalue weighted by molar-refractivity contribution is 6.04. The topological polar surface area (TPSA) is 67.2 Å². The number of carbonyl (C=O) groups is 1. The van der Waals surface area contributed by atoms with Crippen LogP contribution in [0.25, 0.3) is 0 Å². The molecule has 6 heteroatoms. The Morgan fingerprint density at radius 3 is 2.84 bits per heavy atom. The third-order valence-corrected chi connectivity index (χ3v) is 2.84. The van der Waals surface area contributed by atoms with E-state index in [4.69, 9.17) is 0 Å². The summed E-state index contributed by atoms with van der Waals surface area (Å²) in [5.74, 6) is -0.734. The van der Waals surface area contributed by atoms with Gasteiger partial charge in [-0.2, -0.15) is 0 Å². The lowest BCUT2D eigenvalue weighted by Gasteiger charge is -2.12. The van der Waals surface area contributed by atoms with E-state index in [-0.39, 0.29) is 17.4 Å². The number of halogens is 1. The summed E-state index contributed by atoms with van der Waals surface area (Å²) in [4.78, 5) is 11.9. The Morgan fingerprint density at radius 1 is 1.32 bits per heavy atom. The van der Waals surface area contributed by atoms with E-state index in [2.05, 4.69) is 20.3 Å². The van der Waals surface area contributed by atoms with Crippen molar-refractivity contribution in [2.75, 3.05) is 10.6 Å². The second-order valence-electron chi connectivity index (χ2n) is 4.45. The van der Waals surface area contributed by atoms with Crippen LogP contribution in [0.3, 0.4) is 0 Å². The quantitative estimate of drug-likeness (QED) is 0.887. The van der Waals surface area contributed by atoms with Gasteiger partial charge in [0.2, 0.25) is 0 Å². The van der Waals surface area contributed by atoms with Crippen LogP contribution in [0, 0.1) is 5.82 Å². The predicted molar refractivity (Wildman–Crippen MR) is 67.5 cm³/mol. The van der Waals surface area contributed by atoms with Crippen molar-refractivity contribution in [3.05, 3.63) is 42.0 Å². The van der Waals surface area contributed by atoms with Crippen LogP contribution < -0.4 is 10.6 Å². The molecule has 0 spiro atoms. The number of hydrogen-bond donors (Lipinski definition) is 2. The number of rotatable bonds is 4. The molecule has 1 heterocycles. The number of nitrogens with zero attached hydrogens (tertiary/aromatic N) is 1. The van der Waals surface area contributed by atoms with Gasteiger partial charge in [0.1, 0.15) is 12.1 Å². The molecule has 0 bridgehead atoms. The van der Waals surface area contributed by atoms with Gasteiger partial charge in [0.05, 0.1) is 11.4 Å². The predicted octanol–water partition coefficient (Wildman–Crippen LogP) is 2.64. The number of carbonyl (C=O) groups excluding carboxylic acids is 1. The second-order valence-corrected chi connectivity index (χ2v) is 4.45. The van der Waals surface area contributed by atoms with Crippen LogP contribution in [0.5, 0.6) is 0 Å². The molecule has 5 nitrogen and oxygen atoms in total. The zero-order valence-electron chi connectivity index (χ0n) is 10.0. The van der Waals surface area contributed by atoms with Crippen molar-refractivity contribution < 1.29 is 13.7 Å². The van der Waals surface area contributed by atoms with Gasteiger partial charge in [0.15, 0.2) is 5.69 Å². The number of amides is 1. The highest BCUT2D eigenvalue weighted by atomic mass is 19.1. The molecular formula is C13H12FN3O2. The van der Waals surface area contributed by atoms with E-state index in [0.717, 1.165) is 12.8 Å². The summed E-state index contributed by atoms with van der Waals surface area (Å²) >= 11 is 0. The number of nitrogens with one attached hydrogen (secondary N) is 2. The molecule has 0 radical (unpaired) electrons. The van der Waals surface area contributed by atoms with Gasteiger partial charge in [0, 0.05) is 12.1 Å². The van der Waals surface area contributed by atoms with E-state index in [0.29, 0.717) is 17.4 Å². The minimum Gasteiger partial charge on any atom is -0.381 e. The average molecular weight is 261 g/mol. The lowest BCUT2D eigenvalue weighted by atomic mass is 10.2. The van der Waals surface area contributed by atoms with Crippen LogP contribution in [0.4, 0.5) is 15.8 Å². The van der Waals surface area contributed by atoms with Gasteiger partial charge in [-0.05, 0) is 31.0 Å². The number of anilines is 2. The minimum atomic E-state index is -0.390. The molecule has 1 aromatic heterocycles. The smallest absolute Gasteiger partial charge is 0.277 e. The zero-order valence-corrected chi connectivity index (χ0v) is 10.0. The SMILES string of the molecule is O=C(Nc1ccc(F)cc1NC1CC1)c1ccon1. The number of hydrogen-bond acceptors (Lipinski definition) is 4. The van der Waals surface area contributed by atoms with E-state index in [1.807, 2.05) is 0 Å². The molecule has 0 atom stereocenters. The second kappa shape index (κ2) is 4.72. The molecule has 1 aliphatic carbocycles. The Hall–Kier alpha value is -2.37. The van der Waals surface area contributed by atoms with Gasteiger partial charge < -0.3 is 15.2 Å². The third kappa shape index (κ3) is 2.73. The van der Waals surface area contributed by atoms with Gasteiger partial charge in [-0.1, -0.05) is 5.16 Å². The summed E-state index contributed by atoms with van der Waals surface area (Å²) < 4.78 is 17.9. The van der Waals surface area contributed by atoms with E-state index >= 15 is 0 Å². The standard InChI is InChI=1S/C13H12FN3O2/c14-8-1-4-10(12(7-8)15-9-2-3-9)16-13(18)11-5-6-19-17-11/h1,4-7,9,15H,2-3H2,(H,16,18).